The van der Waals surface area contributed by atoms with Crippen LogP contribution in [-0.4, -0.2) is 32.0 Å². The molecule has 1 amide bonds. The van der Waals surface area contributed by atoms with Crippen molar-refractivity contribution in [2.24, 2.45) is 5.73 Å². The minimum atomic E-state index is -4.16. The van der Waals surface area contributed by atoms with Gasteiger partial charge in [-0.25, -0.2) is 13.2 Å². The minimum absolute atomic E-state index is 0.192. The molecule has 0 aliphatic heterocycles. The summed E-state index contributed by atoms with van der Waals surface area (Å²) in [6.07, 6.45) is 0. The molecule has 0 spiro atoms. The van der Waals surface area contributed by atoms with E-state index < -0.39 is 28.5 Å². The van der Waals surface area contributed by atoms with E-state index in [1.165, 1.54) is 6.07 Å². The van der Waals surface area contributed by atoms with Crippen molar-refractivity contribution in [1.82, 2.24) is 4.89 Å². The van der Waals surface area contributed by atoms with Gasteiger partial charge in [0.05, 0.1) is 10.5 Å². The molecule has 10 heteroatoms. The Morgan fingerprint density at radius 2 is 2.05 bits per heavy atom. The molecule has 0 unspecified atom stereocenters. The summed E-state index contributed by atoms with van der Waals surface area (Å²) in [5, 5.41) is 8.92. The quantitative estimate of drug-likeness (QED) is 0.613. The van der Waals surface area contributed by atoms with Crippen molar-refractivity contribution >= 4 is 37.8 Å². The molecule has 0 heterocycles. The first-order valence-corrected chi connectivity index (χ1v) is 7.38. The number of carboxylic acid groups (broad SMARTS) is 1. The molecule has 0 aliphatic rings. The van der Waals surface area contributed by atoms with Gasteiger partial charge in [0, 0.05) is 4.47 Å². The second kappa shape index (κ2) is 6.31. The number of amides is 1. The van der Waals surface area contributed by atoms with Crippen LogP contribution < -0.4 is 10.6 Å². The first-order valence-electron chi connectivity index (χ1n) is 5.10. The molecule has 0 atom stereocenters. The van der Waals surface area contributed by atoms with Crippen LogP contribution in [0.5, 0.6) is 0 Å². The number of aromatic carboxylic acids is 1. The van der Waals surface area contributed by atoms with Gasteiger partial charge in [-0.1, -0.05) is 4.89 Å². The number of halogens is 1. The number of carbonyl (C=O) groups is 2. The Balaban J connectivity index is 3.17. The highest BCUT2D eigenvalue weighted by atomic mass is 79.9. The number of sulfonamides is 1. The largest absolute Gasteiger partial charge is 0.478 e. The normalized spacial score (nSPS) is 11.3. The molecule has 1 aromatic carbocycles. The van der Waals surface area contributed by atoms with Crippen LogP contribution in [0.4, 0.5) is 0 Å². The highest BCUT2D eigenvalue weighted by Crippen LogP contribution is 2.27. The van der Waals surface area contributed by atoms with Gasteiger partial charge in [-0.05, 0) is 40.5 Å². The van der Waals surface area contributed by atoms with E-state index >= 15 is 0 Å². The smallest absolute Gasteiger partial charge is 0.335 e. The zero-order valence-electron chi connectivity index (χ0n) is 10.2. The number of primary amides is 1. The minimum Gasteiger partial charge on any atom is -0.478 e. The molecule has 0 aromatic heterocycles. The van der Waals surface area contributed by atoms with Crippen LogP contribution in [0.2, 0.25) is 0 Å². The molecular formula is C10H11BrN2O6S. The topological polar surface area (TPSA) is 136 Å². The number of nitrogens with one attached hydrogen (secondary N) is 1. The molecule has 0 radical (unpaired) electrons. The Hall–Kier alpha value is -1.49. The molecule has 0 aliphatic carbocycles. The third kappa shape index (κ3) is 4.00. The Kier molecular flexibility index (Phi) is 5.22. The van der Waals surface area contributed by atoms with E-state index in [4.69, 9.17) is 10.8 Å². The lowest BCUT2D eigenvalue weighted by atomic mass is 10.1. The SMILES string of the molecule is Cc1cc(C(=O)O)cc(S(=O)(=O)NOCC(N)=O)c1Br. The van der Waals surface area contributed by atoms with Gasteiger partial charge in [0.2, 0.25) is 5.91 Å². The van der Waals surface area contributed by atoms with Crippen molar-refractivity contribution in [3.05, 3.63) is 27.7 Å². The monoisotopic (exact) mass is 366 g/mol. The molecule has 8 nitrogen and oxygen atoms in total. The van der Waals surface area contributed by atoms with Crippen LogP contribution in [0, 0.1) is 6.92 Å². The summed E-state index contributed by atoms with van der Waals surface area (Å²) in [6, 6.07) is 2.28. The van der Waals surface area contributed by atoms with Gasteiger partial charge in [-0.2, -0.15) is 0 Å². The highest BCUT2D eigenvalue weighted by molar-refractivity contribution is 9.10. The fourth-order valence-electron chi connectivity index (χ4n) is 1.28. The van der Waals surface area contributed by atoms with Crippen LogP contribution in [0.15, 0.2) is 21.5 Å². The number of aryl methyl sites for hydroxylation is 1. The van der Waals surface area contributed by atoms with Crippen molar-refractivity contribution in [2.45, 2.75) is 11.8 Å². The molecule has 1 aromatic rings. The van der Waals surface area contributed by atoms with E-state index in [2.05, 4.69) is 20.8 Å². The number of hydrogen-bond donors (Lipinski definition) is 3. The van der Waals surface area contributed by atoms with Crippen molar-refractivity contribution < 1.29 is 28.0 Å². The summed E-state index contributed by atoms with van der Waals surface area (Å²) in [5.41, 5.74) is 5.02. The van der Waals surface area contributed by atoms with Gasteiger partial charge in [0.25, 0.3) is 10.0 Å². The summed E-state index contributed by atoms with van der Waals surface area (Å²) in [7, 11) is -4.16. The molecule has 110 valence electrons. The van der Waals surface area contributed by atoms with Crippen LogP contribution >= 0.6 is 15.9 Å². The molecule has 1 rings (SSSR count). The molecule has 4 N–H and O–H groups in total. The van der Waals surface area contributed by atoms with Crippen LogP contribution in [0.25, 0.3) is 0 Å². The van der Waals surface area contributed by atoms with Crippen LogP contribution in [0.1, 0.15) is 15.9 Å². The first-order chi connectivity index (χ1) is 9.15. The maximum Gasteiger partial charge on any atom is 0.335 e. The number of rotatable bonds is 6. The third-order valence-electron chi connectivity index (χ3n) is 2.14. The van der Waals surface area contributed by atoms with Gasteiger partial charge in [0.15, 0.2) is 0 Å². The van der Waals surface area contributed by atoms with Gasteiger partial charge in [-0.3, -0.25) is 9.63 Å². The van der Waals surface area contributed by atoms with Crippen LogP contribution in [-0.2, 0) is 19.7 Å². The third-order valence-corrected chi connectivity index (χ3v) is 4.69. The summed E-state index contributed by atoms with van der Waals surface area (Å²) in [6.45, 7) is 0.897. The fraction of sp³-hybridized carbons (Fsp3) is 0.200. The molecule has 0 saturated carbocycles. The molecular weight excluding hydrogens is 356 g/mol. The van der Waals surface area contributed by atoms with Crippen molar-refractivity contribution in [3.8, 4) is 0 Å². The van der Waals surface area contributed by atoms with Crippen LogP contribution in [0.3, 0.4) is 0 Å². The van der Waals surface area contributed by atoms with E-state index in [9.17, 15) is 18.0 Å². The standard InChI is InChI=1S/C10H11BrN2O6S/c1-5-2-6(10(15)16)3-7(9(5)11)20(17,18)13-19-4-8(12)14/h2-3,13H,4H2,1H3,(H2,12,14)(H,15,16). The maximum absolute atomic E-state index is 12.0. The average Bonchev–Trinajstić information content (AvgIpc) is 2.31. The number of carbonyl (C=O) groups excluding carboxylic acids is 1. The maximum atomic E-state index is 12.0. The van der Waals surface area contributed by atoms with E-state index in [0.29, 0.717) is 5.56 Å². The molecule has 0 fully saturated rings. The van der Waals surface area contributed by atoms with Crippen molar-refractivity contribution in [2.75, 3.05) is 6.61 Å². The predicted octanol–water partition coefficient (Wildman–Crippen LogP) is 0.151. The zero-order valence-corrected chi connectivity index (χ0v) is 12.6. The molecule has 20 heavy (non-hydrogen) atoms. The summed E-state index contributed by atoms with van der Waals surface area (Å²) in [5.74, 6) is -2.13. The lowest BCUT2D eigenvalue weighted by Gasteiger charge is -2.10. The number of carboxylic acids is 1. The Bertz CT molecular complexity index is 658. The van der Waals surface area contributed by atoms with E-state index in [-0.39, 0.29) is 14.9 Å². The lowest BCUT2D eigenvalue weighted by molar-refractivity contribution is -0.123. The zero-order chi connectivity index (χ0) is 15.5. The second-order valence-electron chi connectivity index (χ2n) is 3.75. The summed E-state index contributed by atoms with van der Waals surface area (Å²) >= 11 is 3.06. The predicted molar refractivity (Wildman–Crippen MR) is 71.3 cm³/mol. The molecule has 0 saturated heterocycles. The lowest BCUT2D eigenvalue weighted by Crippen LogP contribution is -2.30. The van der Waals surface area contributed by atoms with Gasteiger partial charge >= 0.3 is 5.97 Å². The summed E-state index contributed by atoms with van der Waals surface area (Å²) < 4.78 is 24.1. The number of hydrogen-bond acceptors (Lipinski definition) is 5. The van der Waals surface area contributed by atoms with E-state index in [0.717, 1.165) is 6.07 Å². The Labute approximate surface area is 123 Å². The molecule has 0 bridgehead atoms. The van der Waals surface area contributed by atoms with E-state index in [1.807, 2.05) is 0 Å². The number of benzene rings is 1. The van der Waals surface area contributed by atoms with E-state index in [1.54, 1.807) is 11.8 Å². The highest BCUT2D eigenvalue weighted by Gasteiger charge is 2.22. The Morgan fingerprint density at radius 3 is 2.55 bits per heavy atom. The Morgan fingerprint density at radius 1 is 1.45 bits per heavy atom. The van der Waals surface area contributed by atoms with Crippen molar-refractivity contribution in [1.29, 1.82) is 0 Å². The van der Waals surface area contributed by atoms with Gasteiger partial charge in [0.1, 0.15) is 6.61 Å². The second-order valence-corrected chi connectivity index (χ2v) is 6.16. The van der Waals surface area contributed by atoms with Gasteiger partial charge < -0.3 is 10.8 Å². The van der Waals surface area contributed by atoms with Crippen molar-refractivity contribution in [3.63, 3.8) is 0 Å². The van der Waals surface area contributed by atoms with Gasteiger partial charge in [-0.15, -0.1) is 0 Å². The summed E-state index contributed by atoms with van der Waals surface area (Å²) in [4.78, 5) is 27.2. The fourth-order valence-corrected chi connectivity index (χ4v) is 3.13. The average molecular weight is 367 g/mol. The number of nitrogens with two attached hydrogens (primary N) is 1. The first kappa shape index (κ1) is 16.6.